The second-order valence-electron chi connectivity index (χ2n) is 8.56. The molecule has 1 aromatic rings. The van der Waals surface area contributed by atoms with Crippen molar-refractivity contribution >= 4 is 29.6 Å². The average molecular weight is 512 g/mol. The number of aliphatic carboxylic acids is 1. The SMILES string of the molecule is CC[C@]1(C)OC2(OCC(COC(=O)CCC(=O)[O-])O2)C(OC(C)C)=C1c1ccc(SOOC)cc1. The molecule has 2 unspecified atom stereocenters. The van der Waals surface area contributed by atoms with Crippen molar-refractivity contribution in [1.82, 2.24) is 0 Å². The first kappa shape index (κ1) is 27.4. The Morgan fingerprint density at radius 1 is 1.23 bits per heavy atom. The summed E-state index contributed by atoms with van der Waals surface area (Å²) in [5, 5.41) is 10.5. The van der Waals surface area contributed by atoms with Gasteiger partial charge in [-0.3, -0.25) is 4.79 Å². The smallest absolute Gasteiger partial charge is 0.347 e. The van der Waals surface area contributed by atoms with Gasteiger partial charge in [0.25, 0.3) is 0 Å². The van der Waals surface area contributed by atoms with Gasteiger partial charge in [-0.2, -0.15) is 4.33 Å². The molecular weight excluding hydrogens is 480 g/mol. The minimum Gasteiger partial charge on any atom is -0.550 e. The van der Waals surface area contributed by atoms with Gasteiger partial charge >= 0.3 is 11.9 Å². The number of carboxylic acid groups (broad SMARTS) is 1. The van der Waals surface area contributed by atoms with Gasteiger partial charge in [0.05, 0.1) is 38.3 Å². The molecule has 0 amide bonds. The molecule has 10 nitrogen and oxygen atoms in total. The molecule has 0 N–H and O–H groups in total. The van der Waals surface area contributed by atoms with E-state index in [2.05, 4.69) is 4.89 Å². The molecule has 2 aliphatic rings. The molecule has 35 heavy (non-hydrogen) atoms. The number of esters is 1. The Morgan fingerprint density at radius 2 is 1.94 bits per heavy atom. The summed E-state index contributed by atoms with van der Waals surface area (Å²) in [6.45, 7) is 7.71. The predicted molar refractivity (Wildman–Crippen MR) is 122 cm³/mol. The van der Waals surface area contributed by atoms with Crippen LogP contribution in [-0.4, -0.2) is 56.0 Å². The van der Waals surface area contributed by atoms with Crippen LogP contribution in [0.5, 0.6) is 0 Å². The molecule has 0 aromatic heterocycles. The Bertz CT molecular complexity index is 931. The van der Waals surface area contributed by atoms with Crippen molar-refractivity contribution < 1.29 is 47.6 Å². The van der Waals surface area contributed by atoms with Crippen molar-refractivity contribution in [3.63, 3.8) is 0 Å². The topological polar surface area (TPSA) is 122 Å². The molecular formula is C24H31O10S-. The highest BCUT2D eigenvalue weighted by atomic mass is 32.2. The summed E-state index contributed by atoms with van der Waals surface area (Å²) >= 11 is 1.09. The Labute approximate surface area is 208 Å². The molecule has 1 spiro atoms. The molecule has 1 fully saturated rings. The quantitative estimate of drug-likeness (QED) is 0.178. The van der Waals surface area contributed by atoms with Gasteiger partial charge in [0.2, 0.25) is 0 Å². The summed E-state index contributed by atoms with van der Waals surface area (Å²) < 4.78 is 34.9. The fraction of sp³-hybridized carbons (Fsp3) is 0.583. The molecule has 3 rings (SSSR count). The van der Waals surface area contributed by atoms with E-state index in [9.17, 15) is 14.7 Å². The molecule has 1 aromatic carbocycles. The Morgan fingerprint density at radius 3 is 2.54 bits per heavy atom. The maximum Gasteiger partial charge on any atom is 0.347 e. The molecule has 0 bridgehead atoms. The van der Waals surface area contributed by atoms with Gasteiger partial charge in [-0.25, -0.2) is 4.89 Å². The largest absolute Gasteiger partial charge is 0.550 e. The third kappa shape index (κ3) is 6.54. The lowest BCUT2D eigenvalue weighted by atomic mass is 9.88. The van der Waals surface area contributed by atoms with Gasteiger partial charge in [-0.05, 0) is 51.3 Å². The second-order valence-corrected chi connectivity index (χ2v) is 9.34. The van der Waals surface area contributed by atoms with E-state index in [0.29, 0.717) is 12.2 Å². The number of hydrogen-bond acceptors (Lipinski definition) is 11. The molecule has 3 atom stereocenters. The summed E-state index contributed by atoms with van der Waals surface area (Å²) in [6, 6.07) is 7.65. The molecule has 1 saturated heterocycles. The first-order valence-corrected chi connectivity index (χ1v) is 12.1. The van der Waals surface area contributed by atoms with E-state index in [1.165, 1.54) is 7.11 Å². The van der Waals surface area contributed by atoms with Crippen LogP contribution in [0.25, 0.3) is 5.57 Å². The Kier molecular flexibility index (Phi) is 9.19. The summed E-state index contributed by atoms with van der Waals surface area (Å²) in [6.07, 6.45) is -0.901. The zero-order valence-electron chi connectivity index (χ0n) is 20.5. The van der Waals surface area contributed by atoms with Gasteiger partial charge < -0.3 is 33.6 Å². The fourth-order valence-electron chi connectivity index (χ4n) is 3.80. The first-order valence-electron chi connectivity index (χ1n) is 11.4. The molecule has 2 aliphatic heterocycles. The van der Waals surface area contributed by atoms with Crippen LogP contribution in [0.15, 0.2) is 34.9 Å². The van der Waals surface area contributed by atoms with E-state index in [0.717, 1.165) is 28.1 Å². The maximum atomic E-state index is 11.8. The van der Waals surface area contributed by atoms with Gasteiger partial charge in [-0.1, -0.05) is 19.1 Å². The number of carboxylic acids is 1. The minimum absolute atomic E-state index is 0.0930. The van der Waals surface area contributed by atoms with E-state index in [1.807, 2.05) is 52.0 Å². The van der Waals surface area contributed by atoms with Crippen LogP contribution in [0, 0.1) is 0 Å². The van der Waals surface area contributed by atoms with Crippen molar-refractivity contribution in [2.75, 3.05) is 20.3 Å². The number of carbonyl (C=O) groups is 2. The van der Waals surface area contributed by atoms with Gasteiger partial charge in [-0.15, -0.1) is 0 Å². The second kappa shape index (κ2) is 11.7. The number of rotatable bonds is 12. The highest BCUT2D eigenvalue weighted by Gasteiger charge is 2.61. The van der Waals surface area contributed by atoms with Crippen molar-refractivity contribution in [3.8, 4) is 0 Å². The lowest BCUT2D eigenvalue weighted by molar-refractivity contribution is -0.342. The van der Waals surface area contributed by atoms with Crippen LogP contribution in [0.3, 0.4) is 0 Å². The van der Waals surface area contributed by atoms with Crippen molar-refractivity contribution in [2.45, 2.75) is 75.6 Å². The van der Waals surface area contributed by atoms with E-state index >= 15 is 0 Å². The van der Waals surface area contributed by atoms with Crippen molar-refractivity contribution in [2.24, 2.45) is 0 Å². The summed E-state index contributed by atoms with van der Waals surface area (Å²) in [7, 11) is 1.44. The van der Waals surface area contributed by atoms with Gasteiger partial charge in [0, 0.05) is 16.4 Å². The van der Waals surface area contributed by atoms with E-state index in [1.54, 1.807) is 0 Å². The van der Waals surface area contributed by atoms with Crippen LogP contribution in [0.4, 0.5) is 0 Å². The highest BCUT2D eigenvalue weighted by molar-refractivity contribution is 7.94. The highest BCUT2D eigenvalue weighted by Crippen LogP contribution is 2.53. The van der Waals surface area contributed by atoms with Crippen molar-refractivity contribution in [1.29, 1.82) is 0 Å². The Balaban J connectivity index is 1.86. The lowest BCUT2D eigenvalue weighted by Gasteiger charge is -2.30. The van der Waals surface area contributed by atoms with E-state index < -0.39 is 36.0 Å². The lowest BCUT2D eigenvalue weighted by Crippen LogP contribution is -2.40. The fourth-order valence-corrected chi connectivity index (χ4v) is 4.19. The molecule has 0 radical (unpaired) electrons. The van der Waals surface area contributed by atoms with Crippen LogP contribution >= 0.6 is 12.0 Å². The monoisotopic (exact) mass is 511 g/mol. The third-order valence-corrected chi connectivity index (χ3v) is 6.18. The number of hydrogen-bond donors (Lipinski definition) is 0. The number of ether oxygens (including phenoxy) is 5. The molecule has 194 valence electrons. The standard InChI is InChI=1S/C24H32O10S/c1-6-23(4)21(16-7-9-18(10-8-16)35-34-28-5)22(31-15(2)3)24(33-23)30-14-17(32-24)13-29-20(27)12-11-19(25)26/h7-10,15,17H,6,11-14H2,1-5H3,(H,25,26)/p-1/t17?,23-,24?/m0/s1. The average Bonchev–Trinajstić information content (AvgIpc) is 3.33. The predicted octanol–water partition coefficient (Wildman–Crippen LogP) is 2.75. The summed E-state index contributed by atoms with van der Waals surface area (Å²) in [5.41, 5.74) is 0.875. The van der Waals surface area contributed by atoms with Crippen LogP contribution < -0.4 is 5.11 Å². The van der Waals surface area contributed by atoms with Crippen molar-refractivity contribution in [3.05, 3.63) is 35.6 Å². The Hall–Kier alpha value is -2.15. The van der Waals surface area contributed by atoms with Crippen LogP contribution in [-0.2, 0) is 42.5 Å². The maximum absolute atomic E-state index is 11.8. The normalized spacial score (nSPS) is 26.1. The van der Waals surface area contributed by atoms with Gasteiger partial charge in [0.1, 0.15) is 18.3 Å². The number of benzene rings is 1. The first-order chi connectivity index (χ1) is 16.6. The van der Waals surface area contributed by atoms with Crippen LogP contribution in [0.1, 0.15) is 52.5 Å². The third-order valence-electron chi connectivity index (χ3n) is 5.51. The molecule has 11 heteroatoms. The van der Waals surface area contributed by atoms with Crippen LogP contribution in [0.2, 0.25) is 0 Å². The molecule has 2 heterocycles. The number of carbonyl (C=O) groups excluding carboxylic acids is 2. The zero-order valence-corrected chi connectivity index (χ0v) is 21.3. The molecule has 0 saturated carbocycles. The zero-order chi connectivity index (χ0) is 25.6. The summed E-state index contributed by atoms with van der Waals surface area (Å²) in [4.78, 5) is 27.9. The minimum atomic E-state index is -1.60. The van der Waals surface area contributed by atoms with E-state index in [4.69, 9.17) is 28.0 Å². The molecule has 0 aliphatic carbocycles. The van der Waals surface area contributed by atoms with Gasteiger partial charge in [0.15, 0.2) is 5.76 Å². The van der Waals surface area contributed by atoms with E-state index in [-0.39, 0.29) is 25.7 Å². The summed E-state index contributed by atoms with van der Waals surface area (Å²) in [5.74, 6) is -3.16.